The second-order valence-corrected chi connectivity index (χ2v) is 4.73. The predicted octanol–water partition coefficient (Wildman–Crippen LogP) is 3.20. The summed E-state index contributed by atoms with van der Waals surface area (Å²) in [5.41, 5.74) is 7.66. The molecular formula is C17H19NO3. The number of aryl methyl sites for hydroxylation is 1. The molecule has 0 atom stereocenters. The fourth-order valence-electron chi connectivity index (χ4n) is 1.92. The fourth-order valence-corrected chi connectivity index (χ4v) is 1.92. The first-order chi connectivity index (χ1) is 10.2. The van der Waals surface area contributed by atoms with E-state index in [0.29, 0.717) is 30.9 Å². The van der Waals surface area contributed by atoms with Crippen LogP contribution in [0.5, 0.6) is 5.75 Å². The summed E-state index contributed by atoms with van der Waals surface area (Å²) in [6.07, 6.45) is 0.647. The highest BCUT2D eigenvalue weighted by atomic mass is 16.5. The van der Waals surface area contributed by atoms with E-state index in [2.05, 4.69) is 0 Å². The Bertz CT molecular complexity index is 596. The summed E-state index contributed by atoms with van der Waals surface area (Å²) in [5, 5.41) is 0. The van der Waals surface area contributed by atoms with Crippen molar-refractivity contribution in [3.8, 4) is 5.75 Å². The third kappa shape index (κ3) is 4.53. The molecule has 0 spiro atoms. The first-order valence-corrected chi connectivity index (χ1v) is 6.88. The molecule has 2 aromatic carbocycles. The van der Waals surface area contributed by atoms with Gasteiger partial charge in [-0.2, -0.15) is 0 Å². The van der Waals surface area contributed by atoms with E-state index >= 15 is 0 Å². The number of para-hydroxylation sites is 1. The van der Waals surface area contributed by atoms with Crippen molar-refractivity contribution in [1.29, 1.82) is 0 Å². The van der Waals surface area contributed by atoms with E-state index in [1.54, 1.807) is 18.2 Å². The smallest absolute Gasteiger partial charge is 0.338 e. The molecule has 110 valence electrons. The van der Waals surface area contributed by atoms with Crippen LogP contribution in [0, 0.1) is 6.92 Å². The second-order valence-electron chi connectivity index (χ2n) is 4.73. The minimum absolute atomic E-state index is 0.327. The first-order valence-electron chi connectivity index (χ1n) is 6.88. The van der Waals surface area contributed by atoms with Gasteiger partial charge in [0.15, 0.2) is 0 Å². The predicted molar refractivity (Wildman–Crippen MR) is 82.4 cm³/mol. The van der Waals surface area contributed by atoms with Crippen molar-refractivity contribution in [2.45, 2.75) is 13.3 Å². The zero-order valence-electron chi connectivity index (χ0n) is 12.0. The van der Waals surface area contributed by atoms with Crippen molar-refractivity contribution in [3.05, 3.63) is 59.7 Å². The largest absolute Gasteiger partial charge is 0.493 e. The first kappa shape index (κ1) is 14.9. The summed E-state index contributed by atoms with van der Waals surface area (Å²) in [6, 6.07) is 14.7. The lowest BCUT2D eigenvalue weighted by Crippen LogP contribution is -2.10. The Hall–Kier alpha value is -2.49. The molecule has 2 N–H and O–H groups in total. The molecule has 2 aromatic rings. The Morgan fingerprint density at radius 3 is 2.57 bits per heavy atom. The molecule has 4 nitrogen and oxygen atoms in total. The SMILES string of the molecule is Cc1cc(N)ccc1C(=O)OCCCOc1ccccc1. The van der Waals surface area contributed by atoms with Crippen LogP contribution in [0.25, 0.3) is 0 Å². The van der Waals surface area contributed by atoms with Crippen molar-refractivity contribution in [2.75, 3.05) is 18.9 Å². The van der Waals surface area contributed by atoms with Crippen LogP contribution >= 0.6 is 0 Å². The summed E-state index contributed by atoms with van der Waals surface area (Å²) >= 11 is 0. The van der Waals surface area contributed by atoms with Gasteiger partial charge in [0, 0.05) is 12.1 Å². The average Bonchev–Trinajstić information content (AvgIpc) is 2.47. The van der Waals surface area contributed by atoms with Gasteiger partial charge in [-0.25, -0.2) is 4.79 Å². The van der Waals surface area contributed by atoms with Gasteiger partial charge in [0.05, 0.1) is 18.8 Å². The Kier molecular flexibility index (Phi) is 5.21. The summed E-state index contributed by atoms with van der Waals surface area (Å²) in [6.45, 7) is 2.68. The average molecular weight is 285 g/mol. The number of esters is 1. The summed E-state index contributed by atoms with van der Waals surface area (Å²) < 4.78 is 10.8. The van der Waals surface area contributed by atoms with Gasteiger partial charge in [-0.3, -0.25) is 0 Å². The van der Waals surface area contributed by atoms with Gasteiger partial charge >= 0.3 is 5.97 Å². The van der Waals surface area contributed by atoms with Gasteiger partial charge in [-0.1, -0.05) is 18.2 Å². The van der Waals surface area contributed by atoms with Crippen molar-refractivity contribution in [3.63, 3.8) is 0 Å². The van der Waals surface area contributed by atoms with Crippen LogP contribution in [0.1, 0.15) is 22.3 Å². The fraction of sp³-hybridized carbons (Fsp3) is 0.235. The number of carbonyl (C=O) groups excluding carboxylic acids is 1. The van der Waals surface area contributed by atoms with Crippen molar-refractivity contribution < 1.29 is 14.3 Å². The topological polar surface area (TPSA) is 61.6 Å². The van der Waals surface area contributed by atoms with E-state index in [0.717, 1.165) is 11.3 Å². The summed E-state index contributed by atoms with van der Waals surface area (Å²) in [7, 11) is 0. The Morgan fingerprint density at radius 1 is 1.10 bits per heavy atom. The minimum atomic E-state index is -0.327. The molecule has 0 saturated heterocycles. The highest BCUT2D eigenvalue weighted by molar-refractivity contribution is 5.91. The maximum atomic E-state index is 11.9. The van der Waals surface area contributed by atoms with Crippen LogP contribution in [0.3, 0.4) is 0 Å². The van der Waals surface area contributed by atoms with Crippen LogP contribution < -0.4 is 10.5 Å². The number of hydrogen-bond donors (Lipinski definition) is 1. The monoisotopic (exact) mass is 285 g/mol. The van der Waals surface area contributed by atoms with Crippen LogP contribution in [0.15, 0.2) is 48.5 Å². The molecule has 0 amide bonds. The lowest BCUT2D eigenvalue weighted by atomic mass is 10.1. The summed E-state index contributed by atoms with van der Waals surface area (Å²) in [5.74, 6) is 0.491. The van der Waals surface area contributed by atoms with E-state index in [-0.39, 0.29) is 5.97 Å². The summed E-state index contributed by atoms with van der Waals surface area (Å²) in [4.78, 5) is 11.9. The standard InChI is InChI=1S/C17H19NO3/c1-13-12-14(18)8-9-16(13)17(19)21-11-5-10-20-15-6-3-2-4-7-15/h2-4,6-9,12H,5,10-11,18H2,1H3. The molecule has 0 saturated carbocycles. The third-order valence-electron chi connectivity index (χ3n) is 3.00. The van der Waals surface area contributed by atoms with Gasteiger partial charge < -0.3 is 15.2 Å². The highest BCUT2D eigenvalue weighted by Crippen LogP contribution is 2.14. The van der Waals surface area contributed by atoms with E-state index in [4.69, 9.17) is 15.2 Å². The molecule has 2 rings (SSSR count). The lowest BCUT2D eigenvalue weighted by molar-refractivity contribution is 0.0485. The number of nitrogens with two attached hydrogens (primary N) is 1. The van der Waals surface area contributed by atoms with Crippen molar-refractivity contribution in [1.82, 2.24) is 0 Å². The Labute approximate surface area is 124 Å². The number of rotatable bonds is 6. The second kappa shape index (κ2) is 7.33. The van der Waals surface area contributed by atoms with E-state index in [1.807, 2.05) is 37.3 Å². The van der Waals surface area contributed by atoms with Gasteiger partial charge in [0.25, 0.3) is 0 Å². The van der Waals surface area contributed by atoms with Crippen molar-refractivity contribution in [2.24, 2.45) is 0 Å². The number of nitrogen functional groups attached to an aromatic ring is 1. The molecule has 0 fully saturated rings. The molecule has 0 aliphatic rings. The lowest BCUT2D eigenvalue weighted by Gasteiger charge is -2.08. The van der Waals surface area contributed by atoms with Crippen LogP contribution in [0.4, 0.5) is 5.69 Å². The molecule has 0 aliphatic heterocycles. The molecular weight excluding hydrogens is 266 g/mol. The molecule has 0 unspecified atom stereocenters. The maximum Gasteiger partial charge on any atom is 0.338 e. The molecule has 4 heteroatoms. The Balaban J connectivity index is 1.72. The van der Waals surface area contributed by atoms with E-state index < -0.39 is 0 Å². The molecule has 0 radical (unpaired) electrons. The number of carbonyl (C=O) groups is 1. The van der Waals surface area contributed by atoms with Crippen LogP contribution in [-0.4, -0.2) is 19.2 Å². The minimum Gasteiger partial charge on any atom is -0.493 e. The van der Waals surface area contributed by atoms with Crippen molar-refractivity contribution >= 4 is 11.7 Å². The number of ether oxygens (including phenoxy) is 2. The number of benzene rings is 2. The normalized spacial score (nSPS) is 10.1. The zero-order valence-corrected chi connectivity index (χ0v) is 12.0. The maximum absolute atomic E-state index is 11.9. The van der Waals surface area contributed by atoms with Gasteiger partial charge in [-0.15, -0.1) is 0 Å². The number of anilines is 1. The van der Waals surface area contributed by atoms with Crippen LogP contribution in [0.2, 0.25) is 0 Å². The van der Waals surface area contributed by atoms with Crippen LogP contribution in [-0.2, 0) is 4.74 Å². The third-order valence-corrected chi connectivity index (χ3v) is 3.00. The van der Waals surface area contributed by atoms with Gasteiger partial charge in [0.1, 0.15) is 5.75 Å². The zero-order chi connectivity index (χ0) is 15.1. The Morgan fingerprint density at radius 2 is 1.86 bits per heavy atom. The molecule has 0 aromatic heterocycles. The molecule has 0 heterocycles. The number of hydrogen-bond acceptors (Lipinski definition) is 4. The molecule has 21 heavy (non-hydrogen) atoms. The quantitative estimate of drug-likeness (QED) is 0.503. The van der Waals surface area contributed by atoms with Gasteiger partial charge in [-0.05, 0) is 42.8 Å². The molecule has 0 aliphatic carbocycles. The van der Waals surface area contributed by atoms with E-state index in [1.165, 1.54) is 0 Å². The highest BCUT2D eigenvalue weighted by Gasteiger charge is 2.10. The van der Waals surface area contributed by atoms with Gasteiger partial charge in [0.2, 0.25) is 0 Å². The van der Waals surface area contributed by atoms with E-state index in [9.17, 15) is 4.79 Å². The molecule has 0 bridgehead atoms.